The van der Waals surface area contributed by atoms with Crippen LogP contribution in [0.4, 0.5) is 6.01 Å². The first kappa shape index (κ1) is 14.5. The molecule has 2 aromatic heterocycles. The lowest BCUT2D eigenvalue weighted by atomic mass is 10.2. The molecule has 0 aliphatic rings. The summed E-state index contributed by atoms with van der Waals surface area (Å²) in [5, 5.41) is 11.2. The smallest absolute Gasteiger partial charge is 0.296 e. The van der Waals surface area contributed by atoms with Gasteiger partial charge in [0.15, 0.2) is 11.4 Å². The molecule has 0 radical (unpaired) electrons. The normalized spacial score (nSPS) is 11.2. The zero-order valence-corrected chi connectivity index (χ0v) is 12.7. The Balaban J connectivity index is 1.65. The van der Waals surface area contributed by atoms with Crippen molar-refractivity contribution >= 4 is 17.1 Å². The van der Waals surface area contributed by atoms with Crippen LogP contribution >= 0.6 is 0 Å². The topological polar surface area (TPSA) is 78.0 Å². The number of aromatic nitrogens is 4. The summed E-state index contributed by atoms with van der Waals surface area (Å²) >= 11 is 0. The van der Waals surface area contributed by atoms with Gasteiger partial charge in [-0.3, -0.25) is 0 Å². The SMILES string of the molecule is COCCCn1cnnc1CNc1nc2cc(C)ccc2o1. The lowest BCUT2D eigenvalue weighted by Gasteiger charge is -2.06. The van der Waals surface area contributed by atoms with Gasteiger partial charge < -0.3 is 19.0 Å². The number of fused-ring (bicyclic) bond motifs is 1. The summed E-state index contributed by atoms with van der Waals surface area (Å²) in [6, 6.07) is 6.42. The van der Waals surface area contributed by atoms with Crippen LogP contribution in [0.15, 0.2) is 28.9 Å². The Kier molecular flexibility index (Phi) is 4.34. The average molecular weight is 301 g/mol. The van der Waals surface area contributed by atoms with Crippen molar-refractivity contribution in [1.82, 2.24) is 19.7 Å². The van der Waals surface area contributed by atoms with Gasteiger partial charge in [-0.25, -0.2) is 0 Å². The van der Waals surface area contributed by atoms with Crippen LogP contribution in [0, 0.1) is 6.92 Å². The maximum Gasteiger partial charge on any atom is 0.296 e. The fourth-order valence-corrected chi connectivity index (χ4v) is 2.25. The van der Waals surface area contributed by atoms with Gasteiger partial charge in [0, 0.05) is 20.3 Å². The van der Waals surface area contributed by atoms with E-state index in [-0.39, 0.29) is 0 Å². The van der Waals surface area contributed by atoms with Crippen LogP contribution in [0.5, 0.6) is 0 Å². The molecule has 7 heteroatoms. The Bertz CT molecular complexity index is 749. The molecule has 3 rings (SSSR count). The van der Waals surface area contributed by atoms with Gasteiger partial charge in [-0.15, -0.1) is 10.2 Å². The Hall–Kier alpha value is -2.41. The highest BCUT2D eigenvalue weighted by atomic mass is 16.5. The first-order valence-corrected chi connectivity index (χ1v) is 7.23. The molecule has 0 saturated heterocycles. The highest BCUT2D eigenvalue weighted by Crippen LogP contribution is 2.20. The second-order valence-electron chi connectivity index (χ2n) is 5.13. The van der Waals surface area contributed by atoms with Crippen LogP contribution in [0.3, 0.4) is 0 Å². The van der Waals surface area contributed by atoms with E-state index in [1.54, 1.807) is 13.4 Å². The van der Waals surface area contributed by atoms with Gasteiger partial charge in [0.05, 0.1) is 6.54 Å². The van der Waals surface area contributed by atoms with Gasteiger partial charge >= 0.3 is 0 Å². The lowest BCUT2D eigenvalue weighted by molar-refractivity contribution is 0.190. The molecule has 0 amide bonds. The van der Waals surface area contributed by atoms with Crippen molar-refractivity contribution in [3.8, 4) is 0 Å². The molecule has 0 spiro atoms. The number of oxazole rings is 1. The minimum Gasteiger partial charge on any atom is -0.424 e. The molecule has 0 unspecified atom stereocenters. The Labute approximate surface area is 128 Å². The number of aryl methyl sites for hydroxylation is 2. The third kappa shape index (κ3) is 3.25. The van der Waals surface area contributed by atoms with Crippen molar-refractivity contribution in [1.29, 1.82) is 0 Å². The van der Waals surface area contributed by atoms with Crippen molar-refractivity contribution in [2.75, 3.05) is 19.0 Å². The molecule has 0 atom stereocenters. The number of anilines is 1. The van der Waals surface area contributed by atoms with Gasteiger partial charge in [0.1, 0.15) is 11.8 Å². The number of nitrogens with one attached hydrogen (secondary N) is 1. The number of benzene rings is 1. The van der Waals surface area contributed by atoms with Gasteiger partial charge in [0.25, 0.3) is 6.01 Å². The number of ether oxygens (including phenoxy) is 1. The number of nitrogens with zero attached hydrogens (tertiary/aromatic N) is 4. The fraction of sp³-hybridized carbons (Fsp3) is 0.400. The highest BCUT2D eigenvalue weighted by molar-refractivity contribution is 5.75. The number of hydrogen-bond donors (Lipinski definition) is 1. The maximum absolute atomic E-state index is 5.66. The molecule has 22 heavy (non-hydrogen) atoms. The van der Waals surface area contributed by atoms with Crippen molar-refractivity contribution in [3.05, 3.63) is 35.9 Å². The molecular formula is C15H19N5O2. The van der Waals surface area contributed by atoms with Crippen molar-refractivity contribution in [2.24, 2.45) is 0 Å². The van der Waals surface area contributed by atoms with Gasteiger partial charge in [-0.1, -0.05) is 6.07 Å². The van der Waals surface area contributed by atoms with Crippen molar-refractivity contribution in [2.45, 2.75) is 26.4 Å². The summed E-state index contributed by atoms with van der Waals surface area (Å²) in [4.78, 5) is 4.42. The van der Waals surface area contributed by atoms with E-state index < -0.39 is 0 Å². The molecule has 0 saturated carbocycles. The predicted octanol–water partition coefficient (Wildman–Crippen LogP) is 2.38. The third-order valence-corrected chi connectivity index (χ3v) is 3.38. The minimum absolute atomic E-state index is 0.493. The van der Waals surface area contributed by atoms with Crippen LogP contribution in [-0.2, 0) is 17.8 Å². The lowest BCUT2D eigenvalue weighted by Crippen LogP contribution is -2.09. The largest absolute Gasteiger partial charge is 0.424 e. The van der Waals surface area contributed by atoms with Crippen LogP contribution in [0.25, 0.3) is 11.1 Å². The summed E-state index contributed by atoms with van der Waals surface area (Å²) in [5.41, 5.74) is 2.78. The van der Waals surface area contributed by atoms with E-state index in [0.717, 1.165) is 42.1 Å². The van der Waals surface area contributed by atoms with Crippen LogP contribution in [0.1, 0.15) is 17.8 Å². The first-order chi connectivity index (χ1) is 10.8. The van der Waals surface area contributed by atoms with E-state index in [2.05, 4.69) is 20.5 Å². The van der Waals surface area contributed by atoms with E-state index in [1.807, 2.05) is 29.7 Å². The molecule has 1 N–H and O–H groups in total. The molecule has 0 aliphatic carbocycles. The number of rotatable bonds is 7. The zero-order valence-electron chi connectivity index (χ0n) is 12.7. The second kappa shape index (κ2) is 6.57. The van der Waals surface area contributed by atoms with Crippen LogP contribution < -0.4 is 5.32 Å². The Morgan fingerprint density at radius 1 is 1.36 bits per heavy atom. The fourth-order valence-electron chi connectivity index (χ4n) is 2.25. The molecule has 2 heterocycles. The molecule has 116 valence electrons. The predicted molar refractivity (Wildman–Crippen MR) is 82.6 cm³/mol. The highest BCUT2D eigenvalue weighted by Gasteiger charge is 2.08. The Morgan fingerprint density at radius 3 is 3.14 bits per heavy atom. The summed E-state index contributed by atoms with van der Waals surface area (Å²) in [6.07, 6.45) is 2.64. The average Bonchev–Trinajstić information content (AvgIpc) is 3.11. The van der Waals surface area contributed by atoms with E-state index in [0.29, 0.717) is 12.6 Å². The van der Waals surface area contributed by atoms with Crippen LogP contribution in [-0.4, -0.2) is 33.5 Å². The third-order valence-electron chi connectivity index (χ3n) is 3.38. The molecule has 0 fully saturated rings. The van der Waals surface area contributed by atoms with Crippen molar-refractivity contribution in [3.63, 3.8) is 0 Å². The summed E-state index contributed by atoms with van der Waals surface area (Å²) in [5.74, 6) is 0.842. The summed E-state index contributed by atoms with van der Waals surface area (Å²) < 4.78 is 12.7. The number of methoxy groups -OCH3 is 1. The molecule has 7 nitrogen and oxygen atoms in total. The zero-order chi connectivity index (χ0) is 15.4. The standard InChI is InChI=1S/C15H19N5O2/c1-11-4-5-13-12(8-11)18-15(22-13)16-9-14-19-17-10-20(14)6-3-7-21-2/h4-5,8,10H,3,6-7,9H2,1-2H3,(H,16,18). The van der Waals surface area contributed by atoms with E-state index in [1.165, 1.54) is 0 Å². The summed E-state index contributed by atoms with van der Waals surface area (Å²) in [6.45, 7) is 4.09. The van der Waals surface area contributed by atoms with Crippen LogP contribution in [0.2, 0.25) is 0 Å². The van der Waals surface area contributed by atoms with Gasteiger partial charge in [-0.05, 0) is 31.0 Å². The quantitative estimate of drug-likeness (QED) is 0.675. The van der Waals surface area contributed by atoms with E-state index in [4.69, 9.17) is 9.15 Å². The monoisotopic (exact) mass is 301 g/mol. The minimum atomic E-state index is 0.493. The molecule has 0 aliphatic heterocycles. The molecule has 1 aromatic carbocycles. The molecule has 0 bridgehead atoms. The van der Waals surface area contributed by atoms with Crippen molar-refractivity contribution < 1.29 is 9.15 Å². The maximum atomic E-state index is 5.66. The molecule has 3 aromatic rings. The molecular weight excluding hydrogens is 282 g/mol. The summed E-state index contributed by atoms with van der Waals surface area (Å²) in [7, 11) is 1.70. The van der Waals surface area contributed by atoms with Gasteiger partial charge in [-0.2, -0.15) is 4.98 Å². The second-order valence-corrected chi connectivity index (χ2v) is 5.13. The number of hydrogen-bond acceptors (Lipinski definition) is 6. The Morgan fingerprint density at radius 2 is 2.27 bits per heavy atom. The van der Waals surface area contributed by atoms with E-state index >= 15 is 0 Å². The van der Waals surface area contributed by atoms with E-state index in [9.17, 15) is 0 Å². The van der Waals surface area contributed by atoms with Gasteiger partial charge in [0.2, 0.25) is 0 Å². The first-order valence-electron chi connectivity index (χ1n) is 7.23.